The van der Waals surface area contributed by atoms with Crippen molar-refractivity contribution in [2.75, 3.05) is 0 Å². The van der Waals surface area contributed by atoms with Gasteiger partial charge < -0.3 is 4.74 Å². The van der Waals surface area contributed by atoms with Gasteiger partial charge in [-0.2, -0.15) is 0 Å². The smallest absolute Gasteiger partial charge is 0.180 e. The molecule has 2 rings (SSSR count). The van der Waals surface area contributed by atoms with Crippen LogP contribution in [0, 0.1) is 13.8 Å². The lowest BCUT2D eigenvalue weighted by Crippen LogP contribution is -2.26. The molecule has 1 unspecified atom stereocenters. The van der Waals surface area contributed by atoms with Crippen molar-refractivity contribution in [1.29, 1.82) is 0 Å². The SMILES string of the molecule is Cc1cccc(C)c1OC(C)C(=O)CC(=O)c1ccc(Cl)cc1Cl. The molecule has 24 heavy (non-hydrogen) atoms. The van der Waals surface area contributed by atoms with Crippen molar-refractivity contribution in [2.45, 2.75) is 33.3 Å². The van der Waals surface area contributed by atoms with Gasteiger partial charge in [-0.15, -0.1) is 0 Å². The molecule has 0 aliphatic heterocycles. The first kappa shape index (κ1) is 18.5. The second-order valence-electron chi connectivity index (χ2n) is 5.67. The van der Waals surface area contributed by atoms with E-state index in [0.29, 0.717) is 10.8 Å². The van der Waals surface area contributed by atoms with E-state index in [1.807, 2.05) is 32.0 Å². The van der Waals surface area contributed by atoms with Crippen molar-refractivity contribution < 1.29 is 14.3 Å². The third kappa shape index (κ3) is 4.37. The van der Waals surface area contributed by atoms with Crippen LogP contribution in [-0.2, 0) is 4.79 Å². The highest BCUT2D eigenvalue weighted by Gasteiger charge is 2.22. The maximum atomic E-state index is 12.3. The van der Waals surface area contributed by atoms with E-state index in [2.05, 4.69) is 0 Å². The van der Waals surface area contributed by atoms with Crippen LogP contribution in [0.2, 0.25) is 10.0 Å². The van der Waals surface area contributed by atoms with Crippen LogP contribution in [0.3, 0.4) is 0 Å². The average molecular weight is 365 g/mol. The molecule has 0 aromatic heterocycles. The molecule has 2 aromatic carbocycles. The molecule has 0 saturated carbocycles. The summed E-state index contributed by atoms with van der Waals surface area (Å²) in [6.45, 7) is 5.47. The lowest BCUT2D eigenvalue weighted by Gasteiger charge is -2.17. The Morgan fingerprint density at radius 1 is 1.08 bits per heavy atom. The summed E-state index contributed by atoms with van der Waals surface area (Å²) in [4.78, 5) is 24.6. The van der Waals surface area contributed by atoms with Crippen molar-refractivity contribution in [1.82, 2.24) is 0 Å². The third-order valence-electron chi connectivity index (χ3n) is 3.72. The fourth-order valence-electron chi connectivity index (χ4n) is 2.34. The van der Waals surface area contributed by atoms with Gasteiger partial charge in [0.05, 0.1) is 11.4 Å². The number of hydrogen-bond donors (Lipinski definition) is 0. The molecule has 1 atom stereocenters. The first-order chi connectivity index (χ1) is 11.3. The Balaban J connectivity index is 2.07. The molecular weight excluding hydrogens is 347 g/mol. The number of benzene rings is 2. The van der Waals surface area contributed by atoms with E-state index < -0.39 is 6.10 Å². The van der Waals surface area contributed by atoms with E-state index >= 15 is 0 Å². The van der Waals surface area contributed by atoms with Crippen LogP contribution in [0.5, 0.6) is 5.75 Å². The van der Waals surface area contributed by atoms with Gasteiger partial charge in [-0.1, -0.05) is 41.4 Å². The summed E-state index contributed by atoms with van der Waals surface area (Å²) in [7, 11) is 0. The zero-order valence-electron chi connectivity index (χ0n) is 13.7. The van der Waals surface area contributed by atoms with Gasteiger partial charge in [0, 0.05) is 10.6 Å². The first-order valence-corrected chi connectivity index (χ1v) is 8.29. The minimum atomic E-state index is -0.722. The molecule has 0 amide bonds. The van der Waals surface area contributed by atoms with Crippen LogP contribution in [0.15, 0.2) is 36.4 Å². The van der Waals surface area contributed by atoms with E-state index in [9.17, 15) is 9.59 Å². The average Bonchev–Trinajstić information content (AvgIpc) is 2.50. The molecule has 0 spiro atoms. The normalized spacial score (nSPS) is 11.9. The Kier molecular flexibility index (Phi) is 6.03. The summed E-state index contributed by atoms with van der Waals surface area (Å²) >= 11 is 11.8. The molecule has 0 aliphatic carbocycles. The Hall–Kier alpha value is -1.84. The molecule has 5 heteroatoms. The summed E-state index contributed by atoms with van der Waals surface area (Å²) in [6, 6.07) is 10.3. The van der Waals surface area contributed by atoms with Crippen molar-refractivity contribution >= 4 is 34.8 Å². The van der Waals surface area contributed by atoms with Crippen LogP contribution in [0.1, 0.15) is 34.8 Å². The number of Topliss-reactive ketones (excluding diaryl/α,β-unsaturated/α-hetero) is 2. The summed E-state index contributed by atoms with van der Waals surface area (Å²) in [6.07, 6.45) is -0.993. The maximum Gasteiger partial charge on any atom is 0.180 e. The van der Waals surface area contributed by atoms with Crippen LogP contribution < -0.4 is 4.74 Å². The van der Waals surface area contributed by atoms with Crippen LogP contribution >= 0.6 is 23.2 Å². The van der Waals surface area contributed by atoms with E-state index in [1.54, 1.807) is 13.0 Å². The Bertz CT molecular complexity index is 764. The molecule has 0 fully saturated rings. The zero-order chi connectivity index (χ0) is 17.9. The predicted octanol–water partition coefficient (Wildman–Crippen LogP) is 5.22. The van der Waals surface area contributed by atoms with E-state index in [-0.39, 0.29) is 28.6 Å². The number of carbonyl (C=O) groups excluding carboxylic acids is 2. The number of aryl methyl sites for hydroxylation is 2. The van der Waals surface area contributed by atoms with Crippen molar-refractivity contribution in [3.63, 3.8) is 0 Å². The van der Waals surface area contributed by atoms with Gasteiger partial charge in [0.1, 0.15) is 5.75 Å². The highest BCUT2D eigenvalue weighted by Crippen LogP contribution is 2.25. The van der Waals surface area contributed by atoms with Gasteiger partial charge in [-0.3, -0.25) is 9.59 Å². The van der Waals surface area contributed by atoms with Gasteiger partial charge in [0.2, 0.25) is 0 Å². The monoisotopic (exact) mass is 364 g/mol. The molecule has 0 bridgehead atoms. The first-order valence-electron chi connectivity index (χ1n) is 7.53. The number of ketones is 2. The molecule has 0 radical (unpaired) electrons. The molecule has 0 N–H and O–H groups in total. The zero-order valence-corrected chi connectivity index (χ0v) is 15.2. The highest BCUT2D eigenvalue weighted by molar-refractivity contribution is 6.37. The lowest BCUT2D eigenvalue weighted by molar-refractivity contribution is -0.124. The van der Waals surface area contributed by atoms with E-state index in [1.165, 1.54) is 12.1 Å². The number of carbonyl (C=O) groups is 2. The molecule has 3 nitrogen and oxygen atoms in total. The maximum absolute atomic E-state index is 12.3. The van der Waals surface area contributed by atoms with Gasteiger partial charge in [-0.05, 0) is 50.1 Å². The lowest BCUT2D eigenvalue weighted by atomic mass is 10.0. The number of ether oxygens (including phenoxy) is 1. The van der Waals surface area contributed by atoms with Crippen LogP contribution in [-0.4, -0.2) is 17.7 Å². The quantitative estimate of drug-likeness (QED) is 0.521. The van der Waals surface area contributed by atoms with Crippen molar-refractivity contribution in [3.05, 3.63) is 63.1 Å². The highest BCUT2D eigenvalue weighted by atomic mass is 35.5. The largest absolute Gasteiger partial charge is 0.482 e. The van der Waals surface area contributed by atoms with Gasteiger partial charge in [-0.25, -0.2) is 0 Å². The summed E-state index contributed by atoms with van der Waals surface area (Å²) in [5.41, 5.74) is 2.18. The standard InChI is InChI=1S/C19H18Cl2O3/c1-11-5-4-6-12(2)19(11)24-13(3)17(22)10-18(23)15-8-7-14(20)9-16(15)21/h4-9,13H,10H2,1-3H3. The molecule has 0 heterocycles. The fourth-order valence-corrected chi connectivity index (χ4v) is 2.85. The minimum Gasteiger partial charge on any atom is -0.482 e. The summed E-state index contributed by atoms with van der Waals surface area (Å²) in [5, 5.41) is 0.679. The van der Waals surface area contributed by atoms with E-state index in [4.69, 9.17) is 27.9 Å². The minimum absolute atomic E-state index is 0.239. The summed E-state index contributed by atoms with van der Waals surface area (Å²) < 4.78 is 5.77. The van der Waals surface area contributed by atoms with Gasteiger partial charge in [0.25, 0.3) is 0 Å². The van der Waals surface area contributed by atoms with Crippen LogP contribution in [0.25, 0.3) is 0 Å². The molecule has 2 aromatic rings. The van der Waals surface area contributed by atoms with Crippen molar-refractivity contribution in [3.8, 4) is 5.75 Å². The van der Waals surface area contributed by atoms with Gasteiger partial charge >= 0.3 is 0 Å². The molecule has 0 saturated heterocycles. The molecule has 126 valence electrons. The van der Waals surface area contributed by atoms with Crippen LogP contribution in [0.4, 0.5) is 0 Å². The number of rotatable bonds is 6. The van der Waals surface area contributed by atoms with E-state index in [0.717, 1.165) is 11.1 Å². The molecular formula is C19H18Cl2O3. The number of hydrogen-bond acceptors (Lipinski definition) is 3. The Morgan fingerprint density at radius 3 is 2.29 bits per heavy atom. The summed E-state index contributed by atoms with van der Waals surface area (Å²) in [5.74, 6) is 0.0302. The number of para-hydroxylation sites is 1. The number of halogens is 2. The Labute approximate surface area is 151 Å². The fraction of sp³-hybridized carbons (Fsp3) is 0.263. The van der Waals surface area contributed by atoms with Gasteiger partial charge in [0.15, 0.2) is 17.7 Å². The second kappa shape index (κ2) is 7.82. The molecule has 0 aliphatic rings. The topological polar surface area (TPSA) is 43.4 Å². The Morgan fingerprint density at radius 2 is 1.71 bits per heavy atom. The van der Waals surface area contributed by atoms with Crippen molar-refractivity contribution in [2.24, 2.45) is 0 Å². The third-order valence-corrected chi connectivity index (χ3v) is 4.27. The second-order valence-corrected chi connectivity index (χ2v) is 6.52. The predicted molar refractivity (Wildman–Crippen MR) is 96.4 cm³/mol.